The summed E-state index contributed by atoms with van der Waals surface area (Å²) >= 11 is 0. The fourth-order valence-corrected chi connectivity index (χ4v) is 1.67. The van der Waals surface area contributed by atoms with Crippen molar-refractivity contribution in [1.29, 1.82) is 0 Å². The average molecular weight is 223 g/mol. The largest absolute Gasteiger partial charge is 0.356 e. The number of carbonyl (C=O) groups excluding carboxylic acids is 1. The van der Waals surface area contributed by atoms with Crippen molar-refractivity contribution in [1.82, 2.24) is 25.4 Å². The second-order valence-electron chi connectivity index (χ2n) is 4.19. The number of amides is 1. The number of hydrogen-bond donors (Lipinski definition) is 2. The summed E-state index contributed by atoms with van der Waals surface area (Å²) in [4.78, 5) is 11.5. The monoisotopic (exact) mass is 223 g/mol. The van der Waals surface area contributed by atoms with Crippen LogP contribution in [0.4, 0.5) is 0 Å². The molecule has 1 saturated heterocycles. The summed E-state index contributed by atoms with van der Waals surface area (Å²) in [6.07, 6.45) is 3.02. The molecular weight excluding hydrogens is 206 g/mol. The third-order valence-electron chi connectivity index (χ3n) is 2.82. The van der Waals surface area contributed by atoms with Gasteiger partial charge in [0.2, 0.25) is 5.91 Å². The van der Waals surface area contributed by atoms with E-state index in [0.29, 0.717) is 18.9 Å². The first-order valence-corrected chi connectivity index (χ1v) is 5.56. The SMILES string of the molecule is Cn1cnnc1CCNC(=O)CC1CNC1. The molecule has 1 fully saturated rings. The second kappa shape index (κ2) is 5.07. The highest BCUT2D eigenvalue weighted by Gasteiger charge is 2.19. The zero-order chi connectivity index (χ0) is 11.4. The summed E-state index contributed by atoms with van der Waals surface area (Å²) in [5.74, 6) is 1.55. The van der Waals surface area contributed by atoms with E-state index in [0.717, 1.165) is 25.3 Å². The number of aromatic nitrogens is 3. The molecule has 2 N–H and O–H groups in total. The molecule has 1 aromatic rings. The molecule has 2 heterocycles. The highest BCUT2D eigenvalue weighted by molar-refractivity contribution is 5.76. The summed E-state index contributed by atoms with van der Waals surface area (Å²) in [6.45, 7) is 2.57. The van der Waals surface area contributed by atoms with Gasteiger partial charge in [-0.15, -0.1) is 10.2 Å². The number of nitrogens with zero attached hydrogens (tertiary/aromatic N) is 3. The Morgan fingerprint density at radius 1 is 1.69 bits per heavy atom. The number of hydrogen-bond acceptors (Lipinski definition) is 4. The van der Waals surface area contributed by atoms with Crippen molar-refractivity contribution in [2.75, 3.05) is 19.6 Å². The van der Waals surface area contributed by atoms with Crippen molar-refractivity contribution in [2.45, 2.75) is 12.8 Å². The van der Waals surface area contributed by atoms with Crippen molar-refractivity contribution >= 4 is 5.91 Å². The van der Waals surface area contributed by atoms with Crippen molar-refractivity contribution in [2.24, 2.45) is 13.0 Å². The first kappa shape index (κ1) is 11.1. The number of aryl methyl sites for hydroxylation is 1. The van der Waals surface area contributed by atoms with Crippen LogP contribution in [0, 0.1) is 5.92 Å². The predicted octanol–water partition coefficient (Wildman–Crippen LogP) is -0.917. The lowest BCUT2D eigenvalue weighted by Crippen LogP contribution is -2.44. The van der Waals surface area contributed by atoms with E-state index in [-0.39, 0.29) is 5.91 Å². The minimum atomic E-state index is 0.133. The molecular formula is C10H17N5O. The van der Waals surface area contributed by atoms with Gasteiger partial charge in [-0.3, -0.25) is 4.79 Å². The van der Waals surface area contributed by atoms with Gasteiger partial charge < -0.3 is 15.2 Å². The van der Waals surface area contributed by atoms with E-state index < -0.39 is 0 Å². The summed E-state index contributed by atoms with van der Waals surface area (Å²) in [6, 6.07) is 0. The fourth-order valence-electron chi connectivity index (χ4n) is 1.67. The van der Waals surface area contributed by atoms with Crippen molar-refractivity contribution in [3.05, 3.63) is 12.2 Å². The van der Waals surface area contributed by atoms with Crippen LogP contribution in [0.3, 0.4) is 0 Å². The Balaban J connectivity index is 1.63. The van der Waals surface area contributed by atoms with Crippen LogP contribution < -0.4 is 10.6 Å². The first-order chi connectivity index (χ1) is 7.75. The maximum atomic E-state index is 11.5. The predicted molar refractivity (Wildman–Crippen MR) is 58.7 cm³/mol. The summed E-state index contributed by atoms with van der Waals surface area (Å²) in [7, 11) is 1.90. The van der Waals surface area contributed by atoms with Gasteiger partial charge in [-0.1, -0.05) is 0 Å². The lowest BCUT2D eigenvalue weighted by Gasteiger charge is -2.26. The van der Waals surface area contributed by atoms with Crippen molar-refractivity contribution < 1.29 is 4.79 Å². The maximum absolute atomic E-state index is 11.5. The summed E-state index contributed by atoms with van der Waals surface area (Å²) < 4.78 is 1.86. The van der Waals surface area contributed by atoms with Gasteiger partial charge in [0.15, 0.2) is 0 Å². The Kier molecular flexibility index (Phi) is 3.51. The topological polar surface area (TPSA) is 71.8 Å². The Morgan fingerprint density at radius 3 is 3.06 bits per heavy atom. The molecule has 16 heavy (non-hydrogen) atoms. The quantitative estimate of drug-likeness (QED) is 0.677. The number of carbonyl (C=O) groups is 1. The van der Waals surface area contributed by atoms with E-state index in [1.54, 1.807) is 6.33 Å². The Morgan fingerprint density at radius 2 is 2.50 bits per heavy atom. The van der Waals surface area contributed by atoms with E-state index in [9.17, 15) is 4.79 Å². The molecule has 0 aliphatic carbocycles. The van der Waals surface area contributed by atoms with Crippen LogP contribution >= 0.6 is 0 Å². The molecule has 1 amide bonds. The lowest BCUT2D eigenvalue weighted by molar-refractivity contribution is -0.122. The maximum Gasteiger partial charge on any atom is 0.220 e. The molecule has 0 bridgehead atoms. The van der Waals surface area contributed by atoms with E-state index >= 15 is 0 Å². The Hall–Kier alpha value is -1.43. The van der Waals surface area contributed by atoms with Crippen LogP contribution in [0.1, 0.15) is 12.2 Å². The van der Waals surface area contributed by atoms with Crippen molar-refractivity contribution in [3.63, 3.8) is 0 Å². The zero-order valence-electron chi connectivity index (χ0n) is 9.44. The van der Waals surface area contributed by atoms with Crippen LogP contribution in [0.2, 0.25) is 0 Å². The molecule has 6 heteroatoms. The minimum absolute atomic E-state index is 0.133. The van der Waals surface area contributed by atoms with E-state index in [4.69, 9.17) is 0 Å². The van der Waals surface area contributed by atoms with Gasteiger partial charge in [-0.2, -0.15) is 0 Å². The van der Waals surface area contributed by atoms with Crippen molar-refractivity contribution in [3.8, 4) is 0 Å². The molecule has 2 rings (SSSR count). The van der Waals surface area contributed by atoms with Crippen LogP contribution in [0.25, 0.3) is 0 Å². The van der Waals surface area contributed by atoms with Crippen LogP contribution in [-0.2, 0) is 18.3 Å². The summed E-state index contributed by atoms with van der Waals surface area (Å²) in [5, 5.41) is 13.8. The molecule has 1 aliphatic heterocycles. The molecule has 0 unspecified atom stereocenters. The first-order valence-electron chi connectivity index (χ1n) is 5.56. The van der Waals surface area contributed by atoms with Gasteiger partial charge in [-0.25, -0.2) is 0 Å². The smallest absolute Gasteiger partial charge is 0.220 e. The highest BCUT2D eigenvalue weighted by Crippen LogP contribution is 2.07. The Bertz CT molecular complexity index is 358. The highest BCUT2D eigenvalue weighted by atomic mass is 16.1. The number of nitrogens with one attached hydrogen (secondary N) is 2. The molecule has 0 saturated carbocycles. The molecule has 0 atom stereocenters. The standard InChI is InChI=1S/C10H17N5O/c1-15-7-13-14-9(15)2-3-12-10(16)4-8-5-11-6-8/h7-8,11H,2-6H2,1H3,(H,12,16). The van der Waals surface area contributed by atoms with Gasteiger partial charge in [0.05, 0.1) is 0 Å². The van der Waals surface area contributed by atoms with Gasteiger partial charge in [-0.05, 0) is 19.0 Å². The third kappa shape index (κ3) is 2.79. The molecule has 6 nitrogen and oxygen atoms in total. The van der Waals surface area contributed by atoms with Gasteiger partial charge in [0.1, 0.15) is 12.2 Å². The molecule has 0 radical (unpaired) electrons. The van der Waals surface area contributed by atoms with E-state index in [2.05, 4.69) is 20.8 Å². The molecule has 88 valence electrons. The number of rotatable bonds is 5. The molecule has 1 aliphatic rings. The fraction of sp³-hybridized carbons (Fsp3) is 0.700. The van der Waals surface area contributed by atoms with Crippen LogP contribution in [0.5, 0.6) is 0 Å². The summed E-state index contributed by atoms with van der Waals surface area (Å²) in [5.41, 5.74) is 0. The lowest BCUT2D eigenvalue weighted by atomic mass is 9.99. The minimum Gasteiger partial charge on any atom is -0.356 e. The van der Waals surface area contributed by atoms with Crippen LogP contribution in [-0.4, -0.2) is 40.3 Å². The normalized spacial score (nSPS) is 15.8. The Labute approximate surface area is 94.4 Å². The molecule has 0 aromatic carbocycles. The third-order valence-corrected chi connectivity index (χ3v) is 2.82. The van der Waals surface area contributed by atoms with Gasteiger partial charge in [0.25, 0.3) is 0 Å². The van der Waals surface area contributed by atoms with Crippen LogP contribution in [0.15, 0.2) is 6.33 Å². The molecule has 1 aromatic heterocycles. The van der Waals surface area contributed by atoms with Gasteiger partial charge in [0, 0.05) is 26.4 Å². The average Bonchev–Trinajstić information content (AvgIpc) is 2.59. The van der Waals surface area contributed by atoms with Gasteiger partial charge >= 0.3 is 0 Å². The van der Waals surface area contributed by atoms with E-state index in [1.807, 2.05) is 11.6 Å². The second-order valence-corrected chi connectivity index (χ2v) is 4.19. The van der Waals surface area contributed by atoms with E-state index in [1.165, 1.54) is 0 Å². The zero-order valence-corrected chi connectivity index (χ0v) is 9.44. The molecule has 0 spiro atoms.